The summed E-state index contributed by atoms with van der Waals surface area (Å²) in [7, 11) is 0. The molecule has 0 aliphatic rings. The van der Waals surface area contributed by atoms with Crippen LogP contribution in [0.2, 0.25) is 0 Å². The molecule has 1 aromatic carbocycles. The molecule has 2 aromatic rings. The largest absolute Gasteiger partial charge is 0.423 e. The molecule has 0 aliphatic heterocycles. The van der Waals surface area contributed by atoms with Crippen molar-refractivity contribution < 1.29 is 9.52 Å². The van der Waals surface area contributed by atoms with Crippen LogP contribution in [-0.4, -0.2) is 22.2 Å². The van der Waals surface area contributed by atoms with Gasteiger partial charge in [-0.15, -0.1) is 0 Å². The Kier molecular flexibility index (Phi) is 3.43. The fraction of sp³-hybridized carbons (Fsp3) is 0.462. The van der Waals surface area contributed by atoms with Gasteiger partial charge in [-0.25, -0.2) is 0 Å². The smallest absolute Gasteiger partial charge is 0.295 e. The number of aliphatic hydroxyl groups is 1. The molecule has 0 amide bonds. The predicted octanol–water partition coefficient (Wildman–Crippen LogP) is 2.37. The number of nitrogens with zero attached hydrogens (tertiary/aromatic N) is 1. The number of benzene rings is 1. The van der Waals surface area contributed by atoms with Gasteiger partial charge in [-0.3, -0.25) is 0 Å². The molecule has 1 aromatic heterocycles. The minimum atomic E-state index is -0.723. The summed E-state index contributed by atoms with van der Waals surface area (Å²) < 4.78 is 5.52. The Morgan fingerprint density at radius 1 is 1.39 bits per heavy atom. The number of oxazole rings is 1. The second-order valence-electron chi connectivity index (χ2n) is 4.53. The van der Waals surface area contributed by atoms with Crippen molar-refractivity contribution in [1.29, 1.82) is 0 Å². The fourth-order valence-corrected chi connectivity index (χ4v) is 1.76. The van der Waals surface area contributed by atoms with Gasteiger partial charge in [0.1, 0.15) is 5.52 Å². The highest BCUT2D eigenvalue weighted by molar-refractivity contribution is 5.78. The third-order valence-electron chi connectivity index (χ3n) is 3.30. The van der Waals surface area contributed by atoms with E-state index in [1.54, 1.807) is 12.1 Å². The maximum absolute atomic E-state index is 10.2. The third kappa shape index (κ3) is 2.56. The molecule has 2 rings (SSSR count). The Labute approximate surface area is 106 Å². The monoisotopic (exact) mass is 249 g/mol. The van der Waals surface area contributed by atoms with E-state index in [0.29, 0.717) is 36.7 Å². The number of nitrogens with two attached hydrogens (primary N) is 1. The van der Waals surface area contributed by atoms with Crippen molar-refractivity contribution in [3.8, 4) is 0 Å². The summed E-state index contributed by atoms with van der Waals surface area (Å²) in [5.41, 5.74) is 6.99. The number of hydrogen-bond donors (Lipinski definition) is 3. The van der Waals surface area contributed by atoms with Crippen molar-refractivity contribution in [2.24, 2.45) is 0 Å². The molecular weight excluding hydrogens is 230 g/mol. The number of nitrogens with one attached hydrogen (secondary N) is 1. The molecule has 4 N–H and O–H groups in total. The third-order valence-corrected chi connectivity index (χ3v) is 3.30. The Balaban J connectivity index is 2.13. The molecule has 5 nitrogen and oxygen atoms in total. The molecule has 0 saturated heterocycles. The summed E-state index contributed by atoms with van der Waals surface area (Å²) in [5.74, 6) is 0. The molecule has 0 atom stereocenters. The van der Waals surface area contributed by atoms with Crippen LogP contribution in [0.3, 0.4) is 0 Å². The number of nitrogen functional groups attached to an aromatic ring is 1. The van der Waals surface area contributed by atoms with Gasteiger partial charge in [-0.1, -0.05) is 13.8 Å². The highest BCUT2D eigenvalue weighted by atomic mass is 16.4. The number of rotatable bonds is 5. The normalized spacial score (nSPS) is 11.9. The van der Waals surface area contributed by atoms with Crippen LogP contribution in [-0.2, 0) is 0 Å². The zero-order valence-electron chi connectivity index (χ0n) is 10.7. The standard InChI is InChI=1S/C13H19N3O2/c1-3-13(17,4-2)8-15-12-16-10-6-5-9(14)7-11(10)18-12/h5-7,17H,3-4,8,14H2,1-2H3,(H,15,16). The predicted molar refractivity (Wildman–Crippen MR) is 72.4 cm³/mol. The Hall–Kier alpha value is -1.75. The van der Waals surface area contributed by atoms with Crippen LogP contribution in [0.5, 0.6) is 0 Å². The summed E-state index contributed by atoms with van der Waals surface area (Å²) in [5, 5.41) is 13.2. The second kappa shape index (κ2) is 4.86. The van der Waals surface area contributed by atoms with Gasteiger partial charge in [0.2, 0.25) is 0 Å². The van der Waals surface area contributed by atoms with E-state index in [1.165, 1.54) is 0 Å². The Bertz CT molecular complexity index is 532. The molecule has 5 heteroatoms. The van der Waals surface area contributed by atoms with Crippen molar-refractivity contribution in [2.45, 2.75) is 32.3 Å². The lowest BCUT2D eigenvalue weighted by molar-refractivity contribution is 0.0452. The molecule has 0 spiro atoms. The van der Waals surface area contributed by atoms with E-state index in [-0.39, 0.29) is 0 Å². The van der Waals surface area contributed by atoms with E-state index in [2.05, 4.69) is 10.3 Å². The van der Waals surface area contributed by atoms with Crippen LogP contribution in [0, 0.1) is 0 Å². The molecule has 1 heterocycles. The topological polar surface area (TPSA) is 84.3 Å². The maximum Gasteiger partial charge on any atom is 0.295 e. The molecular formula is C13H19N3O2. The lowest BCUT2D eigenvalue weighted by Crippen LogP contribution is -2.35. The average Bonchev–Trinajstić information content (AvgIpc) is 2.78. The van der Waals surface area contributed by atoms with Gasteiger partial charge < -0.3 is 20.6 Å². The average molecular weight is 249 g/mol. The fourth-order valence-electron chi connectivity index (χ4n) is 1.76. The summed E-state index contributed by atoms with van der Waals surface area (Å²) in [6, 6.07) is 5.74. The summed E-state index contributed by atoms with van der Waals surface area (Å²) in [6.45, 7) is 4.33. The van der Waals surface area contributed by atoms with Crippen molar-refractivity contribution >= 4 is 22.8 Å². The van der Waals surface area contributed by atoms with E-state index < -0.39 is 5.60 Å². The molecule has 18 heavy (non-hydrogen) atoms. The molecule has 0 saturated carbocycles. The van der Waals surface area contributed by atoms with Crippen molar-refractivity contribution in [3.05, 3.63) is 18.2 Å². The van der Waals surface area contributed by atoms with Gasteiger partial charge in [0.15, 0.2) is 5.58 Å². The quantitative estimate of drug-likeness (QED) is 0.708. The first-order valence-electron chi connectivity index (χ1n) is 6.18. The van der Waals surface area contributed by atoms with Gasteiger partial charge in [-0.05, 0) is 25.0 Å². The van der Waals surface area contributed by atoms with Crippen LogP contribution in [0.1, 0.15) is 26.7 Å². The first kappa shape index (κ1) is 12.7. The van der Waals surface area contributed by atoms with Crippen molar-refractivity contribution in [3.63, 3.8) is 0 Å². The minimum Gasteiger partial charge on any atom is -0.423 e. The Morgan fingerprint density at radius 2 is 2.11 bits per heavy atom. The van der Waals surface area contributed by atoms with E-state index >= 15 is 0 Å². The van der Waals surface area contributed by atoms with Crippen molar-refractivity contribution in [2.75, 3.05) is 17.6 Å². The molecule has 98 valence electrons. The summed E-state index contributed by atoms with van der Waals surface area (Å²) in [4.78, 5) is 4.28. The van der Waals surface area contributed by atoms with E-state index in [4.69, 9.17) is 10.2 Å². The van der Waals surface area contributed by atoms with Crippen LogP contribution in [0.15, 0.2) is 22.6 Å². The maximum atomic E-state index is 10.2. The lowest BCUT2D eigenvalue weighted by Gasteiger charge is -2.24. The first-order valence-corrected chi connectivity index (χ1v) is 6.18. The number of anilines is 2. The minimum absolute atomic E-state index is 0.413. The van der Waals surface area contributed by atoms with Gasteiger partial charge >= 0.3 is 0 Å². The second-order valence-corrected chi connectivity index (χ2v) is 4.53. The van der Waals surface area contributed by atoms with Gasteiger partial charge in [0, 0.05) is 18.3 Å². The van der Waals surface area contributed by atoms with Crippen molar-refractivity contribution in [1.82, 2.24) is 4.98 Å². The zero-order chi connectivity index (χ0) is 13.2. The van der Waals surface area contributed by atoms with E-state index in [1.807, 2.05) is 19.9 Å². The van der Waals surface area contributed by atoms with Crippen LogP contribution in [0.4, 0.5) is 11.7 Å². The molecule has 0 unspecified atom stereocenters. The highest BCUT2D eigenvalue weighted by Crippen LogP contribution is 2.22. The SMILES string of the molecule is CCC(O)(CC)CNc1nc2ccc(N)cc2o1. The lowest BCUT2D eigenvalue weighted by atomic mass is 9.98. The van der Waals surface area contributed by atoms with E-state index in [9.17, 15) is 5.11 Å². The molecule has 0 aliphatic carbocycles. The van der Waals surface area contributed by atoms with Crippen LogP contribution < -0.4 is 11.1 Å². The van der Waals surface area contributed by atoms with Gasteiger partial charge in [0.05, 0.1) is 5.60 Å². The Morgan fingerprint density at radius 3 is 2.78 bits per heavy atom. The number of fused-ring (bicyclic) bond motifs is 1. The molecule has 0 fully saturated rings. The summed E-state index contributed by atoms with van der Waals surface area (Å²) in [6.07, 6.45) is 1.37. The van der Waals surface area contributed by atoms with Gasteiger partial charge in [0.25, 0.3) is 6.01 Å². The summed E-state index contributed by atoms with van der Waals surface area (Å²) >= 11 is 0. The molecule has 0 radical (unpaired) electrons. The number of hydrogen-bond acceptors (Lipinski definition) is 5. The van der Waals surface area contributed by atoms with Crippen LogP contribution >= 0.6 is 0 Å². The van der Waals surface area contributed by atoms with Gasteiger partial charge in [-0.2, -0.15) is 4.98 Å². The molecule has 0 bridgehead atoms. The van der Waals surface area contributed by atoms with E-state index in [0.717, 1.165) is 5.52 Å². The van der Waals surface area contributed by atoms with Crippen LogP contribution in [0.25, 0.3) is 11.1 Å². The first-order chi connectivity index (χ1) is 8.56. The number of aromatic nitrogens is 1. The highest BCUT2D eigenvalue weighted by Gasteiger charge is 2.22. The zero-order valence-corrected chi connectivity index (χ0v) is 10.7.